The van der Waals surface area contributed by atoms with E-state index in [1.807, 2.05) is 6.08 Å². The molecule has 9 heavy (non-hydrogen) atoms. The largest absolute Gasteiger partial charge is 0.0879 e. The van der Waals surface area contributed by atoms with Crippen molar-refractivity contribution >= 4 is 0 Å². The maximum atomic E-state index is 6.70. The molecule has 0 nitrogen and oxygen atoms in total. The van der Waals surface area contributed by atoms with Gasteiger partial charge < -0.3 is 0 Å². The van der Waals surface area contributed by atoms with Gasteiger partial charge in [0.15, 0.2) is 0 Å². The fourth-order valence-corrected chi connectivity index (χ4v) is 0.772. The normalized spacial score (nSPS) is 10.9. The molecule has 0 aromatic rings. The van der Waals surface area contributed by atoms with E-state index in [1.54, 1.807) is 0 Å². The van der Waals surface area contributed by atoms with Crippen LogP contribution in [0.5, 0.6) is 0 Å². The summed E-state index contributed by atoms with van der Waals surface area (Å²) in [6.07, 6.45) is 9.59. The van der Waals surface area contributed by atoms with Crippen LogP contribution in [-0.4, -0.2) is 0 Å². The minimum atomic E-state index is 1.09. The van der Waals surface area contributed by atoms with Crippen LogP contribution in [0.15, 0.2) is 12.2 Å². The van der Waals surface area contributed by atoms with Gasteiger partial charge in [-0.15, -0.1) is 0 Å². The molecule has 0 spiro atoms. The zero-order valence-corrected chi connectivity index (χ0v) is 6.19. The minimum Gasteiger partial charge on any atom is -0.0879 e. The van der Waals surface area contributed by atoms with Crippen molar-refractivity contribution in [2.45, 2.75) is 39.0 Å². The van der Waals surface area contributed by atoms with Crippen LogP contribution in [0.1, 0.15) is 39.0 Å². The van der Waals surface area contributed by atoms with Gasteiger partial charge in [0, 0.05) is 6.92 Å². The molecule has 0 rings (SSSR count). The van der Waals surface area contributed by atoms with Crippen LogP contribution >= 0.6 is 0 Å². The van der Waals surface area contributed by atoms with E-state index in [2.05, 4.69) is 6.92 Å². The van der Waals surface area contributed by atoms with Crippen molar-refractivity contribution in [3.8, 4) is 0 Å². The third kappa shape index (κ3) is 7.74. The Bertz CT molecular complexity index is 62.4. The molecule has 0 saturated heterocycles. The summed E-state index contributed by atoms with van der Waals surface area (Å²) >= 11 is 0. The molecule has 3 radical (unpaired) electrons. The number of allylic oxidation sites excluding steroid dienone is 2. The fraction of sp³-hybridized carbons (Fsp3) is 0.667. The second-order valence-electron chi connectivity index (χ2n) is 2.25. The SMILES string of the molecule is [C]C=CCCCCCC. The van der Waals surface area contributed by atoms with Crippen molar-refractivity contribution in [1.82, 2.24) is 0 Å². The Balaban J connectivity index is 2.75. The molecule has 0 heteroatoms. The van der Waals surface area contributed by atoms with Gasteiger partial charge in [-0.1, -0.05) is 38.3 Å². The molecule has 0 aliphatic carbocycles. The van der Waals surface area contributed by atoms with E-state index >= 15 is 0 Å². The van der Waals surface area contributed by atoms with Crippen LogP contribution in [0.3, 0.4) is 0 Å². The first-order valence-electron chi connectivity index (χ1n) is 3.74. The molecule has 0 aromatic heterocycles. The van der Waals surface area contributed by atoms with Gasteiger partial charge in [0.25, 0.3) is 0 Å². The third-order valence-electron chi connectivity index (χ3n) is 1.34. The molecule has 0 bridgehead atoms. The Labute approximate surface area is 59.0 Å². The van der Waals surface area contributed by atoms with Crippen LogP contribution in [0.4, 0.5) is 0 Å². The average Bonchev–Trinajstić information content (AvgIpc) is 1.89. The summed E-state index contributed by atoms with van der Waals surface area (Å²) < 4.78 is 0. The Hall–Kier alpha value is -0.260. The van der Waals surface area contributed by atoms with E-state index in [0.29, 0.717) is 0 Å². The number of hydrogen-bond acceptors (Lipinski definition) is 0. The Morgan fingerprint density at radius 3 is 2.56 bits per heavy atom. The van der Waals surface area contributed by atoms with Gasteiger partial charge in [-0.25, -0.2) is 0 Å². The monoisotopic (exact) mass is 123 g/mol. The first-order chi connectivity index (χ1) is 4.41. The van der Waals surface area contributed by atoms with E-state index < -0.39 is 0 Å². The number of hydrogen-bond donors (Lipinski definition) is 0. The van der Waals surface area contributed by atoms with Crippen molar-refractivity contribution in [1.29, 1.82) is 0 Å². The standard InChI is InChI=1S/C9H15/c1-3-5-7-9-8-6-4-2/h4,6H,3,5,7-9H2,1H3. The van der Waals surface area contributed by atoms with E-state index in [4.69, 9.17) is 6.92 Å². The first kappa shape index (κ1) is 8.74. The number of rotatable bonds is 5. The zero-order chi connectivity index (χ0) is 6.95. The van der Waals surface area contributed by atoms with E-state index in [9.17, 15) is 0 Å². The van der Waals surface area contributed by atoms with Crippen molar-refractivity contribution < 1.29 is 0 Å². The quantitative estimate of drug-likeness (QED) is 0.493. The molecule has 0 aliphatic heterocycles. The van der Waals surface area contributed by atoms with Crippen LogP contribution in [-0.2, 0) is 0 Å². The maximum absolute atomic E-state index is 6.70. The van der Waals surface area contributed by atoms with Crippen molar-refractivity contribution in [2.24, 2.45) is 0 Å². The van der Waals surface area contributed by atoms with Gasteiger partial charge in [0.2, 0.25) is 0 Å². The second kappa shape index (κ2) is 7.74. The van der Waals surface area contributed by atoms with Crippen molar-refractivity contribution in [3.05, 3.63) is 19.1 Å². The molecule has 0 saturated carbocycles. The molecule has 0 atom stereocenters. The molecule has 0 unspecified atom stereocenters. The smallest absolute Gasteiger partial charge is 0.0209 e. The van der Waals surface area contributed by atoms with Gasteiger partial charge in [-0.3, -0.25) is 0 Å². The summed E-state index contributed by atoms with van der Waals surface area (Å²) in [6, 6.07) is 0. The van der Waals surface area contributed by atoms with Gasteiger partial charge in [-0.05, 0) is 12.8 Å². The second-order valence-corrected chi connectivity index (χ2v) is 2.25. The molecular formula is C9H15. The molecule has 0 aromatic carbocycles. The highest BCUT2D eigenvalue weighted by Gasteiger charge is 1.82. The van der Waals surface area contributed by atoms with Gasteiger partial charge in [0.05, 0.1) is 0 Å². The average molecular weight is 123 g/mol. The highest BCUT2D eigenvalue weighted by atomic mass is 13.9. The maximum Gasteiger partial charge on any atom is 0.0209 e. The zero-order valence-electron chi connectivity index (χ0n) is 6.19. The van der Waals surface area contributed by atoms with E-state index in [-0.39, 0.29) is 0 Å². The summed E-state index contributed by atoms with van der Waals surface area (Å²) in [6.45, 7) is 8.91. The molecular weight excluding hydrogens is 108 g/mol. The lowest BCUT2D eigenvalue weighted by Crippen LogP contribution is -1.72. The lowest BCUT2D eigenvalue weighted by Gasteiger charge is -1.92. The lowest BCUT2D eigenvalue weighted by atomic mass is 10.1. The molecule has 0 aliphatic rings. The van der Waals surface area contributed by atoms with E-state index in [1.165, 1.54) is 31.8 Å². The van der Waals surface area contributed by atoms with Crippen LogP contribution < -0.4 is 0 Å². The molecule has 51 valence electrons. The first-order valence-corrected chi connectivity index (χ1v) is 3.74. The summed E-state index contributed by atoms with van der Waals surface area (Å²) in [5, 5.41) is 0. The minimum absolute atomic E-state index is 1.09. The molecule has 0 fully saturated rings. The van der Waals surface area contributed by atoms with E-state index in [0.717, 1.165) is 6.42 Å². The van der Waals surface area contributed by atoms with Gasteiger partial charge in [-0.2, -0.15) is 0 Å². The van der Waals surface area contributed by atoms with Crippen molar-refractivity contribution in [2.75, 3.05) is 0 Å². The Morgan fingerprint density at radius 2 is 2.00 bits per heavy atom. The van der Waals surface area contributed by atoms with Crippen molar-refractivity contribution in [3.63, 3.8) is 0 Å². The highest BCUT2D eigenvalue weighted by Crippen LogP contribution is 2.02. The van der Waals surface area contributed by atoms with Gasteiger partial charge in [0.1, 0.15) is 0 Å². The van der Waals surface area contributed by atoms with Crippen LogP contribution in [0, 0.1) is 6.92 Å². The van der Waals surface area contributed by atoms with Crippen LogP contribution in [0.2, 0.25) is 0 Å². The number of unbranched alkanes of at least 4 members (excludes halogenated alkanes) is 4. The predicted octanol–water partition coefficient (Wildman–Crippen LogP) is 3.10. The Kier molecular flexibility index (Phi) is 7.52. The topological polar surface area (TPSA) is 0 Å². The third-order valence-corrected chi connectivity index (χ3v) is 1.34. The summed E-state index contributed by atoms with van der Waals surface area (Å²) in [5.74, 6) is 0. The molecule has 0 N–H and O–H groups in total. The van der Waals surface area contributed by atoms with Gasteiger partial charge >= 0.3 is 0 Å². The Morgan fingerprint density at radius 1 is 1.22 bits per heavy atom. The molecule has 0 amide bonds. The predicted molar refractivity (Wildman–Crippen MR) is 41.1 cm³/mol. The lowest BCUT2D eigenvalue weighted by molar-refractivity contribution is 0.674. The molecule has 0 heterocycles. The summed E-state index contributed by atoms with van der Waals surface area (Å²) in [4.78, 5) is 0. The fourth-order valence-electron chi connectivity index (χ4n) is 0.772. The van der Waals surface area contributed by atoms with Crippen LogP contribution in [0.25, 0.3) is 0 Å². The highest BCUT2D eigenvalue weighted by molar-refractivity contribution is 4.83. The summed E-state index contributed by atoms with van der Waals surface area (Å²) in [7, 11) is 0. The summed E-state index contributed by atoms with van der Waals surface area (Å²) in [5.41, 5.74) is 0.